The third kappa shape index (κ3) is 2.99. The van der Waals surface area contributed by atoms with Crippen molar-refractivity contribution in [3.8, 4) is 0 Å². The maximum atomic E-state index is 14.1. The van der Waals surface area contributed by atoms with E-state index in [0.29, 0.717) is 11.3 Å². The average Bonchev–Trinajstić information content (AvgIpc) is 2.46. The van der Waals surface area contributed by atoms with Crippen molar-refractivity contribution in [3.05, 3.63) is 59.4 Å². The number of aryl methyl sites for hydroxylation is 1. The molecule has 2 nitrogen and oxygen atoms in total. The van der Waals surface area contributed by atoms with Crippen LogP contribution >= 0.6 is 0 Å². The van der Waals surface area contributed by atoms with Crippen molar-refractivity contribution in [1.82, 2.24) is 0 Å². The number of halogens is 1. The number of aliphatic hydroxyl groups excluding tert-OH is 1. The van der Waals surface area contributed by atoms with Gasteiger partial charge in [0.25, 0.3) is 0 Å². The SMILES string of the molecule is CCc1ccc(N(C)c2ccc(C(C)O)cc2F)cc1. The summed E-state index contributed by atoms with van der Waals surface area (Å²) >= 11 is 0. The van der Waals surface area contributed by atoms with E-state index in [2.05, 4.69) is 6.92 Å². The molecule has 1 N–H and O–H groups in total. The number of hydrogen-bond acceptors (Lipinski definition) is 2. The zero-order chi connectivity index (χ0) is 14.7. The zero-order valence-electron chi connectivity index (χ0n) is 12.1. The predicted molar refractivity (Wildman–Crippen MR) is 80.9 cm³/mol. The average molecular weight is 273 g/mol. The van der Waals surface area contributed by atoms with Gasteiger partial charge in [-0.2, -0.15) is 0 Å². The van der Waals surface area contributed by atoms with Gasteiger partial charge in [-0.1, -0.05) is 25.1 Å². The molecule has 20 heavy (non-hydrogen) atoms. The number of aliphatic hydroxyl groups is 1. The van der Waals surface area contributed by atoms with Crippen LogP contribution in [0.1, 0.15) is 31.1 Å². The van der Waals surface area contributed by atoms with Crippen LogP contribution in [0.5, 0.6) is 0 Å². The van der Waals surface area contributed by atoms with E-state index in [0.717, 1.165) is 12.1 Å². The molecule has 0 amide bonds. The van der Waals surface area contributed by atoms with Gasteiger partial charge in [0, 0.05) is 12.7 Å². The van der Waals surface area contributed by atoms with E-state index in [1.807, 2.05) is 31.3 Å². The first-order valence-corrected chi connectivity index (χ1v) is 6.83. The third-order valence-electron chi connectivity index (χ3n) is 3.55. The van der Waals surface area contributed by atoms with Gasteiger partial charge in [-0.15, -0.1) is 0 Å². The van der Waals surface area contributed by atoms with Crippen LogP contribution in [-0.2, 0) is 6.42 Å². The van der Waals surface area contributed by atoms with Crippen molar-refractivity contribution in [2.24, 2.45) is 0 Å². The van der Waals surface area contributed by atoms with E-state index in [4.69, 9.17) is 0 Å². The largest absolute Gasteiger partial charge is 0.389 e. The highest BCUT2D eigenvalue weighted by Crippen LogP contribution is 2.28. The van der Waals surface area contributed by atoms with Crippen LogP contribution in [0.25, 0.3) is 0 Å². The molecule has 2 rings (SSSR count). The summed E-state index contributed by atoms with van der Waals surface area (Å²) in [5.41, 5.74) is 3.28. The van der Waals surface area contributed by atoms with E-state index >= 15 is 0 Å². The number of nitrogens with zero attached hydrogens (tertiary/aromatic N) is 1. The Hall–Kier alpha value is -1.87. The van der Waals surface area contributed by atoms with E-state index in [1.165, 1.54) is 11.6 Å². The monoisotopic (exact) mass is 273 g/mol. The molecule has 0 saturated heterocycles. The number of rotatable bonds is 4. The second-order valence-electron chi connectivity index (χ2n) is 4.97. The summed E-state index contributed by atoms with van der Waals surface area (Å²) in [5, 5.41) is 9.47. The normalized spacial score (nSPS) is 12.2. The molecule has 0 aliphatic heterocycles. The first kappa shape index (κ1) is 14.5. The molecule has 0 spiro atoms. The Labute approximate surface area is 119 Å². The number of benzene rings is 2. The zero-order valence-corrected chi connectivity index (χ0v) is 12.1. The Morgan fingerprint density at radius 3 is 2.30 bits per heavy atom. The summed E-state index contributed by atoms with van der Waals surface area (Å²) in [6.07, 6.45) is 0.328. The Morgan fingerprint density at radius 2 is 1.80 bits per heavy atom. The maximum Gasteiger partial charge on any atom is 0.147 e. The van der Waals surface area contributed by atoms with E-state index in [1.54, 1.807) is 24.0 Å². The molecule has 0 saturated carbocycles. The molecule has 3 heteroatoms. The van der Waals surface area contributed by atoms with Gasteiger partial charge >= 0.3 is 0 Å². The van der Waals surface area contributed by atoms with Crippen LogP contribution in [0.15, 0.2) is 42.5 Å². The maximum absolute atomic E-state index is 14.1. The lowest BCUT2D eigenvalue weighted by Crippen LogP contribution is -2.11. The van der Waals surface area contributed by atoms with Crippen LogP contribution in [0.3, 0.4) is 0 Å². The van der Waals surface area contributed by atoms with Crippen LogP contribution < -0.4 is 4.90 Å². The second kappa shape index (κ2) is 6.06. The fourth-order valence-electron chi connectivity index (χ4n) is 2.15. The van der Waals surface area contributed by atoms with Crippen molar-refractivity contribution in [2.75, 3.05) is 11.9 Å². The first-order chi connectivity index (χ1) is 9.52. The molecular weight excluding hydrogens is 253 g/mol. The van der Waals surface area contributed by atoms with Crippen molar-refractivity contribution < 1.29 is 9.50 Å². The lowest BCUT2D eigenvalue weighted by atomic mass is 10.1. The highest BCUT2D eigenvalue weighted by atomic mass is 19.1. The Balaban J connectivity index is 2.30. The minimum Gasteiger partial charge on any atom is -0.389 e. The molecule has 2 aromatic carbocycles. The molecule has 0 aliphatic rings. The van der Waals surface area contributed by atoms with Crippen molar-refractivity contribution >= 4 is 11.4 Å². The molecule has 0 aromatic heterocycles. The standard InChI is InChI=1S/C17H20FNO/c1-4-13-5-8-15(9-6-13)19(3)17-10-7-14(12(2)20)11-16(17)18/h5-12,20H,4H2,1-3H3. The molecule has 0 bridgehead atoms. The summed E-state index contributed by atoms with van der Waals surface area (Å²) in [6.45, 7) is 3.73. The lowest BCUT2D eigenvalue weighted by Gasteiger charge is -2.21. The smallest absolute Gasteiger partial charge is 0.147 e. The molecule has 0 radical (unpaired) electrons. The molecule has 0 aliphatic carbocycles. The van der Waals surface area contributed by atoms with Gasteiger partial charge < -0.3 is 10.0 Å². The number of hydrogen-bond donors (Lipinski definition) is 1. The van der Waals surface area contributed by atoms with Crippen LogP contribution in [0, 0.1) is 5.82 Å². The topological polar surface area (TPSA) is 23.5 Å². The van der Waals surface area contributed by atoms with Gasteiger partial charge in [0.2, 0.25) is 0 Å². The fraction of sp³-hybridized carbons (Fsp3) is 0.294. The summed E-state index contributed by atoms with van der Waals surface area (Å²) in [7, 11) is 1.83. The lowest BCUT2D eigenvalue weighted by molar-refractivity contribution is 0.199. The van der Waals surface area contributed by atoms with Crippen molar-refractivity contribution in [1.29, 1.82) is 0 Å². The summed E-state index contributed by atoms with van der Waals surface area (Å²) < 4.78 is 14.1. The molecule has 0 heterocycles. The van der Waals surface area contributed by atoms with E-state index in [9.17, 15) is 9.50 Å². The van der Waals surface area contributed by atoms with Gasteiger partial charge in [-0.05, 0) is 48.7 Å². The van der Waals surface area contributed by atoms with Crippen molar-refractivity contribution in [2.45, 2.75) is 26.4 Å². The molecule has 1 atom stereocenters. The number of anilines is 2. The van der Waals surface area contributed by atoms with Crippen LogP contribution in [0.4, 0.5) is 15.8 Å². The van der Waals surface area contributed by atoms with Gasteiger partial charge in [0.05, 0.1) is 11.8 Å². The summed E-state index contributed by atoms with van der Waals surface area (Å²) in [5.74, 6) is -0.328. The minimum absolute atomic E-state index is 0.328. The van der Waals surface area contributed by atoms with E-state index < -0.39 is 6.10 Å². The first-order valence-electron chi connectivity index (χ1n) is 6.83. The molecule has 2 aromatic rings. The molecule has 0 fully saturated rings. The second-order valence-corrected chi connectivity index (χ2v) is 4.97. The quantitative estimate of drug-likeness (QED) is 0.902. The van der Waals surface area contributed by atoms with Gasteiger partial charge in [-0.25, -0.2) is 4.39 Å². The van der Waals surface area contributed by atoms with Gasteiger partial charge in [0.1, 0.15) is 5.82 Å². The van der Waals surface area contributed by atoms with Gasteiger partial charge in [0.15, 0.2) is 0 Å². The summed E-state index contributed by atoms with van der Waals surface area (Å²) in [4.78, 5) is 1.81. The Kier molecular flexibility index (Phi) is 4.40. The fourth-order valence-corrected chi connectivity index (χ4v) is 2.15. The Morgan fingerprint density at radius 1 is 1.15 bits per heavy atom. The van der Waals surface area contributed by atoms with Crippen LogP contribution in [0.2, 0.25) is 0 Å². The molecule has 1 unspecified atom stereocenters. The summed E-state index contributed by atoms with van der Waals surface area (Å²) in [6, 6.07) is 12.9. The minimum atomic E-state index is -0.660. The van der Waals surface area contributed by atoms with Crippen molar-refractivity contribution in [3.63, 3.8) is 0 Å². The van der Waals surface area contributed by atoms with Gasteiger partial charge in [-0.3, -0.25) is 0 Å². The molecular formula is C17H20FNO. The Bertz CT molecular complexity index is 578. The third-order valence-corrected chi connectivity index (χ3v) is 3.55. The molecule has 106 valence electrons. The highest BCUT2D eigenvalue weighted by molar-refractivity contribution is 5.63. The highest BCUT2D eigenvalue weighted by Gasteiger charge is 2.11. The van der Waals surface area contributed by atoms with Crippen LogP contribution in [-0.4, -0.2) is 12.2 Å². The predicted octanol–water partition coefficient (Wildman–Crippen LogP) is 4.21. The van der Waals surface area contributed by atoms with E-state index in [-0.39, 0.29) is 5.82 Å².